The molecule has 1 aromatic carbocycles. The van der Waals surface area contributed by atoms with Gasteiger partial charge in [-0.25, -0.2) is 4.98 Å². The van der Waals surface area contributed by atoms with Crippen molar-refractivity contribution in [3.63, 3.8) is 0 Å². The Hall–Kier alpha value is -2.12. The number of para-hydroxylation sites is 1. The number of aliphatic hydroxyl groups is 1. The van der Waals surface area contributed by atoms with Gasteiger partial charge in [0.05, 0.1) is 23.7 Å². The number of aliphatic hydroxyl groups excluding tert-OH is 1. The Morgan fingerprint density at radius 3 is 2.83 bits per heavy atom. The Balaban J connectivity index is 2.59. The number of pyridine rings is 1. The molecule has 1 heterocycles. The second kappa shape index (κ2) is 5.03. The maximum absolute atomic E-state index is 9.20. The van der Waals surface area contributed by atoms with E-state index in [1.165, 1.54) is 0 Å². The van der Waals surface area contributed by atoms with E-state index in [0.29, 0.717) is 11.4 Å². The number of hydrogen-bond donors (Lipinski definition) is 1. The van der Waals surface area contributed by atoms with Gasteiger partial charge in [0, 0.05) is 12.4 Å². The Morgan fingerprint density at radius 1 is 1.44 bits per heavy atom. The Morgan fingerprint density at radius 2 is 2.17 bits per heavy atom. The molecule has 18 heavy (non-hydrogen) atoms. The first-order valence-corrected chi connectivity index (χ1v) is 5.81. The lowest BCUT2D eigenvalue weighted by Gasteiger charge is -2.25. The number of benzene rings is 1. The molecule has 1 unspecified atom stereocenters. The monoisotopic (exact) mass is 241 g/mol. The molecular formula is C14H15N3O. The van der Waals surface area contributed by atoms with Crippen LogP contribution in [0.25, 0.3) is 10.9 Å². The minimum absolute atomic E-state index is 0.0237. The van der Waals surface area contributed by atoms with Crippen molar-refractivity contribution in [3.8, 4) is 6.07 Å². The second-order valence-corrected chi connectivity index (χ2v) is 4.31. The predicted molar refractivity (Wildman–Crippen MR) is 71.4 cm³/mol. The van der Waals surface area contributed by atoms with E-state index < -0.39 is 0 Å². The number of anilines is 1. The molecule has 0 saturated heterocycles. The van der Waals surface area contributed by atoms with Gasteiger partial charge in [0.15, 0.2) is 0 Å². The molecule has 0 fully saturated rings. The summed E-state index contributed by atoms with van der Waals surface area (Å²) in [4.78, 5) is 6.33. The molecule has 2 aromatic rings. The van der Waals surface area contributed by atoms with Crippen molar-refractivity contribution in [1.82, 2.24) is 4.98 Å². The molecule has 92 valence electrons. The molecule has 1 aromatic heterocycles. The molecule has 0 aliphatic heterocycles. The van der Waals surface area contributed by atoms with Gasteiger partial charge in [-0.2, -0.15) is 5.26 Å². The summed E-state index contributed by atoms with van der Waals surface area (Å²) in [6.07, 6.45) is 0. The van der Waals surface area contributed by atoms with Crippen molar-refractivity contribution < 1.29 is 5.11 Å². The summed E-state index contributed by atoms with van der Waals surface area (Å²) < 4.78 is 0. The van der Waals surface area contributed by atoms with Crippen LogP contribution >= 0.6 is 0 Å². The maximum Gasteiger partial charge on any atom is 0.147 e. The Kier molecular flexibility index (Phi) is 3.45. The summed E-state index contributed by atoms with van der Waals surface area (Å²) in [5, 5.41) is 19.3. The molecular weight excluding hydrogens is 226 g/mol. The third-order valence-corrected chi connectivity index (χ3v) is 3.08. The van der Waals surface area contributed by atoms with Crippen LogP contribution in [0.3, 0.4) is 0 Å². The van der Waals surface area contributed by atoms with Gasteiger partial charge in [-0.3, -0.25) is 0 Å². The van der Waals surface area contributed by atoms with Gasteiger partial charge in [0.25, 0.3) is 0 Å². The highest BCUT2D eigenvalue weighted by atomic mass is 16.3. The fourth-order valence-electron chi connectivity index (χ4n) is 1.79. The third-order valence-electron chi connectivity index (χ3n) is 3.08. The lowest BCUT2D eigenvalue weighted by atomic mass is 10.1. The minimum Gasteiger partial charge on any atom is -0.394 e. The normalized spacial score (nSPS) is 12.1. The van der Waals surface area contributed by atoms with Gasteiger partial charge in [-0.15, -0.1) is 0 Å². The van der Waals surface area contributed by atoms with E-state index in [-0.39, 0.29) is 12.6 Å². The van der Waals surface area contributed by atoms with Crippen LogP contribution in [0, 0.1) is 11.3 Å². The maximum atomic E-state index is 9.20. The lowest BCUT2D eigenvalue weighted by molar-refractivity contribution is 0.270. The summed E-state index contributed by atoms with van der Waals surface area (Å²) in [6, 6.07) is 11.6. The molecule has 4 nitrogen and oxygen atoms in total. The van der Waals surface area contributed by atoms with Gasteiger partial charge in [-0.1, -0.05) is 18.2 Å². The van der Waals surface area contributed by atoms with Crippen molar-refractivity contribution in [3.05, 3.63) is 35.9 Å². The number of nitriles is 1. The minimum atomic E-state index is -0.0780. The topological polar surface area (TPSA) is 60.1 Å². The third kappa shape index (κ3) is 2.13. The van der Waals surface area contributed by atoms with Gasteiger partial charge in [0.2, 0.25) is 0 Å². The van der Waals surface area contributed by atoms with Crippen LogP contribution in [0.15, 0.2) is 30.3 Å². The zero-order valence-corrected chi connectivity index (χ0v) is 10.5. The Labute approximate surface area is 106 Å². The molecule has 1 N–H and O–H groups in total. The highest BCUT2D eigenvalue weighted by Crippen LogP contribution is 2.23. The summed E-state index contributed by atoms with van der Waals surface area (Å²) >= 11 is 0. The van der Waals surface area contributed by atoms with E-state index in [1.807, 2.05) is 49.2 Å². The van der Waals surface area contributed by atoms with Crippen molar-refractivity contribution in [2.45, 2.75) is 13.0 Å². The standard InChI is InChI=1S/C14H15N3O/c1-10(9-18)17(2)14-12(8-15)7-11-5-3-4-6-13(11)16-14/h3-7,10,18H,9H2,1-2H3. The molecule has 0 aliphatic rings. The first-order valence-electron chi connectivity index (χ1n) is 5.81. The molecule has 2 rings (SSSR count). The molecule has 0 bridgehead atoms. The van der Waals surface area contributed by atoms with E-state index in [0.717, 1.165) is 10.9 Å². The van der Waals surface area contributed by atoms with Crippen LogP contribution in [0.5, 0.6) is 0 Å². The molecule has 0 radical (unpaired) electrons. The van der Waals surface area contributed by atoms with Crippen LogP contribution < -0.4 is 4.90 Å². The average molecular weight is 241 g/mol. The number of hydrogen-bond acceptors (Lipinski definition) is 4. The Bertz CT molecular complexity index is 604. The molecule has 1 atom stereocenters. The van der Waals surface area contributed by atoms with E-state index in [4.69, 9.17) is 0 Å². The van der Waals surface area contributed by atoms with Gasteiger partial charge in [0.1, 0.15) is 11.9 Å². The van der Waals surface area contributed by atoms with E-state index in [2.05, 4.69) is 11.1 Å². The van der Waals surface area contributed by atoms with E-state index >= 15 is 0 Å². The first kappa shape index (κ1) is 12.3. The van der Waals surface area contributed by atoms with E-state index in [1.54, 1.807) is 0 Å². The average Bonchev–Trinajstić information content (AvgIpc) is 2.44. The molecule has 4 heteroatoms. The highest BCUT2D eigenvalue weighted by molar-refractivity contribution is 5.83. The number of aromatic nitrogens is 1. The van der Waals surface area contributed by atoms with Gasteiger partial charge < -0.3 is 10.0 Å². The smallest absolute Gasteiger partial charge is 0.147 e. The quantitative estimate of drug-likeness (QED) is 0.892. The summed E-state index contributed by atoms with van der Waals surface area (Å²) in [5.74, 6) is 0.609. The predicted octanol–water partition coefficient (Wildman–Crippen LogP) is 1.92. The highest BCUT2D eigenvalue weighted by Gasteiger charge is 2.15. The number of likely N-dealkylation sites (N-methyl/N-ethyl adjacent to an activating group) is 1. The summed E-state index contributed by atoms with van der Waals surface area (Å²) in [7, 11) is 1.83. The zero-order chi connectivity index (χ0) is 13.1. The molecule has 0 spiro atoms. The van der Waals surface area contributed by atoms with Gasteiger partial charge in [-0.05, 0) is 19.1 Å². The van der Waals surface area contributed by atoms with Crippen LogP contribution in [0.4, 0.5) is 5.82 Å². The SMILES string of the molecule is CC(CO)N(C)c1nc2ccccc2cc1C#N. The number of rotatable bonds is 3. The first-order chi connectivity index (χ1) is 8.67. The molecule has 0 amide bonds. The van der Waals surface area contributed by atoms with Crippen molar-refractivity contribution in [2.24, 2.45) is 0 Å². The fraction of sp³-hybridized carbons (Fsp3) is 0.286. The zero-order valence-electron chi connectivity index (χ0n) is 10.5. The molecule has 0 aliphatic carbocycles. The summed E-state index contributed by atoms with van der Waals surface area (Å²) in [6.45, 7) is 1.91. The van der Waals surface area contributed by atoms with Crippen molar-refractivity contribution in [2.75, 3.05) is 18.6 Å². The van der Waals surface area contributed by atoms with Crippen LogP contribution in [-0.2, 0) is 0 Å². The largest absolute Gasteiger partial charge is 0.394 e. The summed E-state index contributed by atoms with van der Waals surface area (Å²) in [5.41, 5.74) is 1.37. The molecule has 0 saturated carbocycles. The van der Waals surface area contributed by atoms with Gasteiger partial charge >= 0.3 is 0 Å². The van der Waals surface area contributed by atoms with E-state index in [9.17, 15) is 10.4 Å². The lowest BCUT2D eigenvalue weighted by Crippen LogP contribution is -2.33. The van der Waals surface area contributed by atoms with Crippen LogP contribution in [-0.4, -0.2) is 29.8 Å². The number of fused-ring (bicyclic) bond motifs is 1. The fourth-order valence-corrected chi connectivity index (χ4v) is 1.79. The van der Waals surface area contributed by atoms with Crippen LogP contribution in [0.2, 0.25) is 0 Å². The number of nitrogens with zero attached hydrogens (tertiary/aromatic N) is 3. The van der Waals surface area contributed by atoms with Crippen molar-refractivity contribution >= 4 is 16.7 Å². The van der Waals surface area contributed by atoms with Crippen molar-refractivity contribution in [1.29, 1.82) is 5.26 Å². The second-order valence-electron chi connectivity index (χ2n) is 4.31. The van der Waals surface area contributed by atoms with Crippen LogP contribution in [0.1, 0.15) is 12.5 Å².